The van der Waals surface area contributed by atoms with Crippen molar-refractivity contribution in [2.24, 2.45) is 5.92 Å². The van der Waals surface area contributed by atoms with Crippen LogP contribution in [-0.4, -0.2) is 51.4 Å². The average molecular weight is 310 g/mol. The fourth-order valence-corrected chi connectivity index (χ4v) is 3.90. The summed E-state index contributed by atoms with van der Waals surface area (Å²) in [5, 5.41) is 0. The summed E-state index contributed by atoms with van der Waals surface area (Å²) in [7, 11) is 0. The van der Waals surface area contributed by atoms with Crippen LogP contribution in [0.5, 0.6) is 0 Å². The summed E-state index contributed by atoms with van der Waals surface area (Å²) in [6, 6.07) is 10.1. The van der Waals surface area contributed by atoms with Gasteiger partial charge in [0.2, 0.25) is 0 Å². The second-order valence-electron chi connectivity index (χ2n) is 6.65. The zero-order chi connectivity index (χ0) is 15.6. The van der Waals surface area contributed by atoms with E-state index in [1.807, 2.05) is 36.7 Å². The van der Waals surface area contributed by atoms with Gasteiger partial charge in [-0.1, -0.05) is 6.07 Å². The van der Waals surface area contributed by atoms with E-state index in [0.717, 1.165) is 38.3 Å². The molecule has 2 bridgehead atoms. The monoisotopic (exact) mass is 310 g/mol. The molecule has 1 amide bonds. The highest BCUT2D eigenvalue weighted by Crippen LogP contribution is 2.29. The molecule has 120 valence electrons. The fourth-order valence-electron chi connectivity index (χ4n) is 3.90. The number of carbonyl (C=O) groups is 1. The van der Waals surface area contributed by atoms with E-state index in [1.165, 1.54) is 6.42 Å². The van der Waals surface area contributed by atoms with Gasteiger partial charge in [0.05, 0.1) is 5.69 Å². The first-order chi connectivity index (χ1) is 11.3. The van der Waals surface area contributed by atoms with Crippen LogP contribution >= 0.6 is 0 Å². The van der Waals surface area contributed by atoms with Crippen molar-refractivity contribution in [3.63, 3.8) is 0 Å². The molecule has 5 heterocycles. The summed E-state index contributed by atoms with van der Waals surface area (Å²) < 4.78 is 0. The Balaban J connectivity index is 1.49. The molecule has 0 spiro atoms. The molecule has 3 saturated heterocycles. The van der Waals surface area contributed by atoms with Crippen LogP contribution in [-0.2, 0) is 6.54 Å². The Morgan fingerprint density at radius 3 is 2.91 bits per heavy atom. The number of hydrogen-bond acceptors (Lipinski definition) is 3. The van der Waals surface area contributed by atoms with Crippen molar-refractivity contribution in [3.05, 3.63) is 54.1 Å². The van der Waals surface area contributed by atoms with E-state index in [-0.39, 0.29) is 5.91 Å². The van der Waals surface area contributed by atoms with Crippen molar-refractivity contribution in [1.29, 1.82) is 0 Å². The topological polar surface area (TPSA) is 52.2 Å². The Kier molecular flexibility index (Phi) is 3.87. The molecule has 5 heteroatoms. The number of nitrogens with zero attached hydrogens (tertiary/aromatic N) is 3. The van der Waals surface area contributed by atoms with Gasteiger partial charge >= 0.3 is 0 Å². The number of piperidine rings is 1. The van der Waals surface area contributed by atoms with Crippen LogP contribution in [0.25, 0.3) is 0 Å². The molecular weight excluding hydrogens is 288 g/mol. The van der Waals surface area contributed by atoms with Crippen LogP contribution in [0.4, 0.5) is 0 Å². The molecule has 3 fully saturated rings. The highest BCUT2D eigenvalue weighted by Gasteiger charge is 2.37. The first-order valence-corrected chi connectivity index (χ1v) is 8.36. The molecular formula is C18H22N4O. The van der Waals surface area contributed by atoms with Gasteiger partial charge in [0.25, 0.3) is 5.91 Å². The molecule has 2 unspecified atom stereocenters. The first-order valence-electron chi connectivity index (χ1n) is 8.36. The van der Waals surface area contributed by atoms with Gasteiger partial charge in [-0.3, -0.25) is 14.7 Å². The lowest BCUT2D eigenvalue weighted by Gasteiger charge is -2.36. The summed E-state index contributed by atoms with van der Waals surface area (Å²) in [5.41, 5.74) is 1.81. The molecule has 0 radical (unpaired) electrons. The third kappa shape index (κ3) is 3.01. The number of pyridine rings is 1. The molecule has 5 nitrogen and oxygen atoms in total. The Hall–Kier alpha value is -2.14. The SMILES string of the molecule is O=C(c1ccc[nH]1)N1CC2CCC1CN(Cc1ccccn1)C2. The number of rotatable bonds is 3. The maximum absolute atomic E-state index is 12.7. The summed E-state index contributed by atoms with van der Waals surface area (Å²) >= 11 is 0. The van der Waals surface area contributed by atoms with Crippen molar-refractivity contribution in [2.75, 3.05) is 19.6 Å². The molecule has 0 saturated carbocycles. The second kappa shape index (κ2) is 6.16. The standard InChI is InChI=1S/C18H22N4O/c23-18(17-5-3-9-20-17)22-11-14-6-7-16(22)13-21(10-14)12-15-4-1-2-8-19-15/h1-5,8-9,14,16,20H,6-7,10-13H2. The predicted octanol–water partition coefficient (Wildman–Crippen LogP) is 2.15. The normalized spacial score (nSPS) is 24.6. The second-order valence-corrected chi connectivity index (χ2v) is 6.65. The molecule has 0 aromatic carbocycles. The van der Waals surface area contributed by atoms with Crippen LogP contribution in [0.15, 0.2) is 42.7 Å². The lowest BCUT2D eigenvalue weighted by Crippen LogP contribution is -2.47. The van der Waals surface area contributed by atoms with E-state index in [9.17, 15) is 4.79 Å². The van der Waals surface area contributed by atoms with Gasteiger partial charge in [-0.05, 0) is 43.0 Å². The number of fused-ring (bicyclic) bond motifs is 4. The highest BCUT2D eigenvalue weighted by atomic mass is 16.2. The van der Waals surface area contributed by atoms with E-state index in [1.54, 1.807) is 0 Å². The van der Waals surface area contributed by atoms with Gasteiger partial charge < -0.3 is 9.88 Å². The molecule has 2 aromatic rings. The lowest BCUT2D eigenvalue weighted by molar-refractivity contribution is 0.0579. The smallest absolute Gasteiger partial charge is 0.270 e. The van der Waals surface area contributed by atoms with Crippen LogP contribution in [0, 0.1) is 5.92 Å². The van der Waals surface area contributed by atoms with Gasteiger partial charge in [0.1, 0.15) is 5.69 Å². The van der Waals surface area contributed by atoms with Crippen molar-refractivity contribution in [2.45, 2.75) is 25.4 Å². The molecule has 1 N–H and O–H groups in total. The first kappa shape index (κ1) is 14.5. The largest absolute Gasteiger partial charge is 0.357 e. The van der Waals surface area contributed by atoms with E-state index in [2.05, 4.69) is 25.8 Å². The fraction of sp³-hybridized carbons (Fsp3) is 0.444. The maximum atomic E-state index is 12.7. The van der Waals surface area contributed by atoms with Gasteiger partial charge in [-0.25, -0.2) is 0 Å². The molecule has 23 heavy (non-hydrogen) atoms. The number of amides is 1. The average Bonchev–Trinajstić information content (AvgIpc) is 2.98. The number of aromatic amines is 1. The summed E-state index contributed by atoms with van der Waals surface area (Å²) in [5.74, 6) is 0.709. The number of aromatic nitrogens is 2. The van der Waals surface area contributed by atoms with Crippen molar-refractivity contribution >= 4 is 5.91 Å². The van der Waals surface area contributed by atoms with Gasteiger partial charge in [0, 0.05) is 44.6 Å². The molecule has 2 atom stereocenters. The third-order valence-electron chi connectivity index (χ3n) is 4.99. The Morgan fingerprint density at radius 2 is 2.13 bits per heavy atom. The molecule has 5 rings (SSSR count). The molecule has 0 aliphatic carbocycles. The van der Waals surface area contributed by atoms with E-state index in [4.69, 9.17) is 0 Å². The van der Waals surface area contributed by atoms with Crippen molar-refractivity contribution in [3.8, 4) is 0 Å². The number of hydrogen-bond donors (Lipinski definition) is 1. The quantitative estimate of drug-likeness (QED) is 0.945. The Morgan fingerprint density at radius 1 is 1.17 bits per heavy atom. The van der Waals surface area contributed by atoms with Crippen LogP contribution < -0.4 is 0 Å². The Bertz CT molecular complexity index is 655. The minimum absolute atomic E-state index is 0.143. The van der Waals surface area contributed by atoms with E-state index >= 15 is 0 Å². The number of nitrogens with one attached hydrogen (secondary N) is 1. The van der Waals surface area contributed by atoms with Gasteiger partial charge in [0.15, 0.2) is 0 Å². The van der Waals surface area contributed by atoms with Gasteiger partial charge in [-0.2, -0.15) is 0 Å². The highest BCUT2D eigenvalue weighted by molar-refractivity contribution is 5.92. The van der Waals surface area contributed by atoms with Crippen LogP contribution in [0.2, 0.25) is 0 Å². The number of carbonyl (C=O) groups excluding carboxylic acids is 1. The lowest BCUT2D eigenvalue weighted by atomic mass is 9.95. The third-order valence-corrected chi connectivity index (χ3v) is 4.99. The minimum atomic E-state index is 0.143. The zero-order valence-electron chi connectivity index (χ0n) is 13.2. The van der Waals surface area contributed by atoms with Crippen LogP contribution in [0.1, 0.15) is 29.0 Å². The zero-order valence-corrected chi connectivity index (χ0v) is 13.2. The minimum Gasteiger partial charge on any atom is -0.357 e. The molecule has 3 aliphatic rings. The Labute approximate surface area is 136 Å². The summed E-state index contributed by atoms with van der Waals surface area (Å²) in [6.07, 6.45) is 5.99. The van der Waals surface area contributed by atoms with Crippen molar-refractivity contribution < 1.29 is 4.79 Å². The van der Waals surface area contributed by atoms with Gasteiger partial charge in [-0.15, -0.1) is 0 Å². The predicted molar refractivity (Wildman–Crippen MR) is 87.9 cm³/mol. The van der Waals surface area contributed by atoms with Crippen LogP contribution in [0.3, 0.4) is 0 Å². The van der Waals surface area contributed by atoms with Crippen molar-refractivity contribution in [1.82, 2.24) is 19.8 Å². The molecule has 2 aromatic heterocycles. The summed E-state index contributed by atoms with van der Waals surface area (Å²) in [6.45, 7) is 3.75. The number of H-pyrrole nitrogens is 1. The maximum Gasteiger partial charge on any atom is 0.270 e. The molecule has 3 aliphatic heterocycles. The van der Waals surface area contributed by atoms with E-state index < -0.39 is 0 Å². The summed E-state index contributed by atoms with van der Waals surface area (Å²) in [4.78, 5) is 24.8. The van der Waals surface area contributed by atoms with E-state index in [0.29, 0.717) is 17.7 Å².